The summed E-state index contributed by atoms with van der Waals surface area (Å²) < 4.78 is 11.9. The van der Waals surface area contributed by atoms with Crippen LogP contribution >= 0.6 is 0 Å². The molecular weight excluding hydrogens is 210 g/mol. The summed E-state index contributed by atoms with van der Waals surface area (Å²) in [5.41, 5.74) is 0. The van der Waals surface area contributed by atoms with Crippen LogP contribution in [0.15, 0.2) is 23.6 Å². The van der Waals surface area contributed by atoms with Gasteiger partial charge in [-0.3, -0.25) is 4.21 Å². The highest BCUT2D eigenvalue weighted by Crippen LogP contribution is 2.09. The summed E-state index contributed by atoms with van der Waals surface area (Å²) in [6, 6.07) is 2.10. The summed E-state index contributed by atoms with van der Waals surface area (Å²) in [4.78, 5) is 8.01. The minimum atomic E-state index is -1.07. The highest BCUT2D eigenvalue weighted by atomic mass is 32.2. The third-order valence-corrected chi connectivity index (χ3v) is 3.83. The van der Waals surface area contributed by atoms with E-state index in [1.54, 1.807) is 18.5 Å². The van der Waals surface area contributed by atoms with E-state index in [1.807, 2.05) is 0 Å². The Morgan fingerprint density at radius 2 is 2.20 bits per heavy atom. The zero-order valence-corrected chi connectivity index (χ0v) is 9.37. The largest absolute Gasteiger partial charge is 0.313 e. The van der Waals surface area contributed by atoms with E-state index in [1.165, 1.54) is 12.8 Å². The molecule has 2 heterocycles. The van der Waals surface area contributed by atoms with Gasteiger partial charge >= 0.3 is 0 Å². The lowest BCUT2D eigenvalue weighted by molar-refractivity contribution is 0.427. The summed E-state index contributed by atoms with van der Waals surface area (Å²) in [5, 5.41) is 3.82. The lowest BCUT2D eigenvalue weighted by Gasteiger charge is -2.22. The van der Waals surface area contributed by atoms with Crippen LogP contribution in [0.4, 0.5) is 0 Å². The fourth-order valence-corrected chi connectivity index (χ4v) is 2.88. The molecule has 0 aromatic carbocycles. The zero-order chi connectivity index (χ0) is 10.5. The van der Waals surface area contributed by atoms with Gasteiger partial charge in [0.05, 0.1) is 10.8 Å². The lowest BCUT2D eigenvalue weighted by Crippen LogP contribution is -2.38. The molecule has 15 heavy (non-hydrogen) atoms. The van der Waals surface area contributed by atoms with Crippen LogP contribution in [-0.2, 0) is 10.8 Å². The molecule has 1 aromatic heterocycles. The molecule has 0 amide bonds. The van der Waals surface area contributed by atoms with Crippen molar-refractivity contribution in [3.05, 3.63) is 18.5 Å². The van der Waals surface area contributed by atoms with Gasteiger partial charge in [-0.05, 0) is 25.5 Å². The molecule has 1 aliphatic heterocycles. The van der Waals surface area contributed by atoms with E-state index < -0.39 is 10.8 Å². The van der Waals surface area contributed by atoms with Crippen molar-refractivity contribution in [1.29, 1.82) is 0 Å². The van der Waals surface area contributed by atoms with Crippen LogP contribution < -0.4 is 5.32 Å². The van der Waals surface area contributed by atoms with E-state index in [-0.39, 0.29) is 0 Å². The average molecular weight is 225 g/mol. The van der Waals surface area contributed by atoms with Crippen molar-refractivity contribution in [1.82, 2.24) is 15.3 Å². The molecule has 4 nitrogen and oxygen atoms in total. The van der Waals surface area contributed by atoms with E-state index in [0.29, 0.717) is 17.0 Å². The van der Waals surface area contributed by atoms with Crippen LogP contribution in [-0.4, -0.2) is 32.5 Å². The summed E-state index contributed by atoms with van der Waals surface area (Å²) >= 11 is 0. The number of hydrogen-bond acceptors (Lipinski definition) is 4. The number of nitrogens with one attached hydrogen (secondary N) is 1. The number of rotatable bonds is 3. The van der Waals surface area contributed by atoms with Crippen molar-refractivity contribution in [2.75, 3.05) is 12.3 Å². The first kappa shape index (κ1) is 10.7. The van der Waals surface area contributed by atoms with Crippen LogP contribution in [0.5, 0.6) is 0 Å². The smallest absolute Gasteiger partial charge is 0.218 e. The van der Waals surface area contributed by atoms with Gasteiger partial charge in [-0.15, -0.1) is 0 Å². The Labute approximate surface area is 92.0 Å². The molecule has 0 saturated carbocycles. The molecule has 1 fully saturated rings. The van der Waals surface area contributed by atoms with Crippen molar-refractivity contribution < 1.29 is 4.21 Å². The summed E-state index contributed by atoms with van der Waals surface area (Å²) in [6.07, 6.45) is 6.83. The highest BCUT2D eigenvalue weighted by Gasteiger charge is 2.17. The van der Waals surface area contributed by atoms with Crippen molar-refractivity contribution in [2.24, 2.45) is 0 Å². The molecule has 0 unspecified atom stereocenters. The normalized spacial score (nSPS) is 23.6. The van der Waals surface area contributed by atoms with Crippen LogP contribution in [0, 0.1) is 0 Å². The highest BCUT2D eigenvalue weighted by molar-refractivity contribution is 7.84. The molecule has 2 rings (SSSR count). The van der Waals surface area contributed by atoms with Crippen LogP contribution in [0.2, 0.25) is 0 Å². The Bertz CT molecular complexity index is 325. The van der Waals surface area contributed by atoms with Crippen LogP contribution in [0.1, 0.15) is 19.3 Å². The third kappa shape index (κ3) is 3.07. The predicted octanol–water partition coefficient (Wildman–Crippen LogP) is 0.726. The van der Waals surface area contributed by atoms with E-state index >= 15 is 0 Å². The first-order valence-electron chi connectivity index (χ1n) is 5.25. The van der Waals surface area contributed by atoms with Gasteiger partial charge in [0, 0.05) is 24.2 Å². The van der Waals surface area contributed by atoms with Crippen LogP contribution in [0.25, 0.3) is 0 Å². The minimum absolute atomic E-state index is 0.364. The molecule has 0 spiro atoms. The molecule has 82 valence electrons. The van der Waals surface area contributed by atoms with E-state index in [4.69, 9.17) is 0 Å². The maximum Gasteiger partial charge on any atom is 0.218 e. The van der Waals surface area contributed by atoms with Crippen molar-refractivity contribution >= 4 is 10.8 Å². The Kier molecular flexibility index (Phi) is 3.80. The van der Waals surface area contributed by atoms with Gasteiger partial charge in [-0.1, -0.05) is 6.42 Å². The average Bonchev–Trinajstić information content (AvgIpc) is 2.31. The quantitative estimate of drug-likeness (QED) is 0.770. The monoisotopic (exact) mass is 225 g/mol. The molecule has 1 saturated heterocycles. The molecular formula is C10H15N3OS. The summed E-state index contributed by atoms with van der Waals surface area (Å²) in [7, 11) is -1.07. The fourth-order valence-electron chi connectivity index (χ4n) is 1.73. The Balaban J connectivity index is 1.91. The van der Waals surface area contributed by atoms with Crippen molar-refractivity contribution in [3.8, 4) is 0 Å². The van der Waals surface area contributed by atoms with Crippen LogP contribution in [0.3, 0.4) is 0 Å². The van der Waals surface area contributed by atoms with Gasteiger partial charge in [-0.2, -0.15) is 0 Å². The van der Waals surface area contributed by atoms with Crippen molar-refractivity contribution in [2.45, 2.75) is 30.5 Å². The topological polar surface area (TPSA) is 54.9 Å². The Morgan fingerprint density at radius 3 is 2.87 bits per heavy atom. The number of nitrogens with zero attached hydrogens (tertiary/aromatic N) is 2. The Hall–Kier alpha value is -0.810. The first-order valence-corrected chi connectivity index (χ1v) is 6.57. The number of hydrogen-bond donors (Lipinski definition) is 1. The number of piperidine rings is 1. The SMILES string of the molecule is O=[S@](C[C@H]1CCCCN1)c1ncccn1. The molecule has 5 heteroatoms. The molecule has 2 atom stereocenters. The molecule has 1 aromatic rings. The number of aromatic nitrogens is 2. The molecule has 0 radical (unpaired) electrons. The maximum absolute atomic E-state index is 11.9. The third-order valence-electron chi connectivity index (χ3n) is 2.51. The second-order valence-electron chi connectivity index (χ2n) is 3.69. The lowest BCUT2D eigenvalue weighted by atomic mass is 10.1. The molecule has 0 bridgehead atoms. The second-order valence-corrected chi connectivity index (χ2v) is 5.08. The molecule has 1 N–H and O–H groups in total. The van der Waals surface area contributed by atoms with Gasteiger partial charge < -0.3 is 5.32 Å². The summed E-state index contributed by atoms with van der Waals surface area (Å²) in [5.74, 6) is 0.629. The maximum atomic E-state index is 11.9. The minimum Gasteiger partial charge on any atom is -0.313 e. The van der Waals surface area contributed by atoms with Crippen molar-refractivity contribution in [3.63, 3.8) is 0 Å². The molecule has 0 aliphatic carbocycles. The standard InChI is InChI=1S/C10H15N3OS/c14-15(10-12-6-3-7-13-10)8-9-4-1-2-5-11-9/h3,6-7,9,11H,1-2,4-5,8H2/t9-,15-/m1/s1. The van der Waals surface area contributed by atoms with E-state index in [2.05, 4.69) is 15.3 Å². The summed E-state index contributed by atoms with van der Waals surface area (Å²) in [6.45, 7) is 1.04. The van der Waals surface area contributed by atoms with Gasteiger partial charge in [0.1, 0.15) is 0 Å². The van der Waals surface area contributed by atoms with Gasteiger partial charge in [-0.25, -0.2) is 9.97 Å². The first-order chi connectivity index (χ1) is 7.36. The van der Waals surface area contributed by atoms with E-state index in [0.717, 1.165) is 13.0 Å². The van der Waals surface area contributed by atoms with Gasteiger partial charge in [0.15, 0.2) is 0 Å². The second kappa shape index (κ2) is 5.32. The Morgan fingerprint density at radius 1 is 1.40 bits per heavy atom. The van der Waals surface area contributed by atoms with Gasteiger partial charge in [0.25, 0.3) is 0 Å². The van der Waals surface area contributed by atoms with E-state index in [9.17, 15) is 4.21 Å². The van der Waals surface area contributed by atoms with Gasteiger partial charge in [0.2, 0.25) is 5.16 Å². The zero-order valence-electron chi connectivity index (χ0n) is 8.56. The molecule has 1 aliphatic rings. The fraction of sp³-hybridized carbons (Fsp3) is 0.600. The predicted molar refractivity (Wildman–Crippen MR) is 58.9 cm³/mol.